The lowest BCUT2D eigenvalue weighted by Crippen LogP contribution is -2.28. The van der Waals surface area contributed by atoms with Gasteiger partial charge in [0.1, 0.15) is 11.0 Å². The highest BCUT2D eigenvalue weighted by molar-refractivity contribution is 8.15. The number of thioether (sulfide) groups is 1. The van der Waals surface area contributed by atoms with Gasteiger partial charge in [0.2, 0.25) is 11.8 Å². The Labute approximate surface area is 172 Å². The average molecular weight is 411 g/mol. The largest absolute Gasteiger partial charge is 0.496 e. The van der Waals surface area contributed by atoms with Crippen LogP contribution < -0.4 is 15.4 Å². The number of amides is 2. The molecule has 150 valence electrons. The number of ether oxygens (including phenoxy) is 1. The zero-order valence-corrected chi connectivity index (χ0v) is 16.9. The van der Waals surface area contributed by atoms with Gasteiger partial charge in [-0.15, -0.1) is 0 Å². The van der Waals surface area contributed by atoms with Crippen LogP contribution >= 0.6 is 11.8 Å². The molecule has 1 fully saturated rings. The Balaban J connectivity index is 1.58. The third kappa shape index (κ3) is 5.45. The second-order valence-corrected chi connectivity index (χ2v) is 7.61. The summed E-state index contributed by atoms with van der Waals surface area (Å²) in [6.07, 6.45) is 0.00841. The SMILES string of the molecule is COc1ccccc1CN=C1NC(=O)[C@H](CC(=O)Nc2cccc(C(C)=O)c2)S1. The number of nitrogens with one attached hydrogen (secondary N) is 2. The van der Waals surface area contributed by atoms with Crippen LogP contribution in [0.2, 0.25) is 0 Å². The molecular formula is C21H21N3O4S. The van der Waals surface area contributed by atoms with E-state index in [0.29, 0.717) is 23.0 Å². The Bertz CT molecular complexity index is 974. The predicted molar refractivity (Wildman–Crippen MR) is 113 cm³/mol. The predicted octanol–water partition coefficient (Wildman–Crippen LogP) is 3.01. The van der Waals surface area contributed by atoms with Crippen LogP contribution in [0.3, 0.4) is 0 Å². The van der Waals surface area contributed by atoms with Crippen LogP contribution in [-0.4, -0.2) is 35.1 Å². The molecule has 2 aromatic rings. The van der Waals surface area contributed by atoms with Crippen molar-refractivity contribution in [1.29, 1.82) is 0 Å². The number of para-hydroxylation sites is 1. The van der Waals surface area contributed by atoms with Crippen LogP contribution in [0, 0.1) is 0 Å². The van der Waals surface area contributed by atoms with Gasteiger partial charge < -0.3 is 15.4 Å². The van der Waals surface area contributed by atoms with Crippen molar-refractivity contribution < 1.29 is 19.1 Å². The van der Waals surface area contributed by atoms with Gasteiger partial charge in [-0.3, -0.25) is 19.4 Å². The summed E-state index contributed by atoms with van der Waals surface area (Å²) in [7, 11) is 1.60. The van der Waals surface area contributed by atoms with Gasteiger partial charge in [0.15, 0.2) is 11.0 Å². The number of Topliss-reactive ketones (excluding diaryl/α,β-unsaturated/α-hetero) is 1. The highest BCUT2D eigenvalue weighted by Gasteiger charge is 2.32. The number of benzene rings is 2. The van der Waals surface area contributed by atoms with Gasteiger partial charge in [-0.2, -0.15) is 0 Å². The zero-order valence-electron chi connectivity index (χ0n) is 16.1. The minimum atomic E-state index is -0.553. The summed E-state index contributed by atoms with van der Waals surface area (Å²) in [5.41, 5.74) is 1.95. The highest BCUT2D eigenvalue weighted by atomic mass is 32.2. The van der Waals surface area contributed by atoms with E-state index in [0.717, 1.165) is 11.3 Å². The van der Waals surface area contributed by atoms with Crippen molar-refractivity contribution in [2.45, 2.75) is 25.1 Å². The molecular weight excluding hydrogens is 390 g/mol. The van der Waals surface area contributed by atoms with Crippen LogP contribution in [0.15, 0.2) is 53.5 Å². The first-order valence-electron chi connectivity index (χ1n) is 9.01. The van der Waals surface area contributed by atoms with E-state index in [1.807, 2.05) is 24.3 Å². The number of amidine groups is 1. The molecule has 29 heavy (non-hydrogen) atoms. The molecule has 7 nitrogen and oxygen atoms in total. The molecule has 0 spiro atoms. The van der Waals surface area contributed by atoms with Crippen LogP contribution in [0.1, 0.15) is 29.3 Å². The molecule has 0 aromatic heterocycles. The summed E-state index contributed by atoms with van der Waals surface area (Å²) in [4.78, 5) is 40.4. The van der Waals surface area contributed by atoms with E-state index >= 15 is 0 Å². The molecule has 0 radical (unpaired) electrons. The van der Waals surface area contributed by atoms with Gasteiger partial charge in [-0.05, 0) is 25.1 Å². The van der Waals surface area contributed by atoms with Crippen molar-refractivity contribution in [3.8, 4) is 5.75 Å². The molecule has 1 heterocycles. The van der Waals surface area contributed by atoms with E-state index < -0.39 is 5.25 Å². The standard InChI is InChI=1S/C21H21N3O4S/c1-13(25)14-7-5-8-16(10-14)23-19(26)11-18-20(27)24-21(29-18)22-12-15-6-3-4-9-17(15)28-2/h3-10,18H,11-12H2,1-2H3,(H,23,26)(H,22,24,27)/t18-/m0/s1. The molecule has 1 aliphatic heterocycles. The first kappa shape index (κ1) is 20.6. The maximum Gasteiger partial charge on any atom is 0.240 e. The number of ketones is 1. The maximum atomic E-state index is 12.3. The zero-order chi connectivity index (χ0) is 20.8. The number of rotatable bonds is 7. The second-order valence-electron chi connectivity index (χ2n) is 6.42. The van der Waals surface area contributed by atoms with E-state index in [-0.39, 0.29) is 24.0 Å². The molecule has 1 saturated heterocycles. The third-order valence-electron chi connectivity index (χ3n) is 4.29. The molecule has 2 aromatic carbocycles. The van der Waals surface area contributed by atoms with Crippen LogP contribution in [-0.2, 0) is 16.1 Å². The fourth-order valence-corrected chi connectivity index (χ4v) is 3.77. The van der Waals surface area contributed by atoms with Crippen LogP contribution in [0.4, 0.5) is 5.69 Å². The molecule has 2 N–H and O–H groups in total. The quantitative estimate of drug-likeness (QED) is 0.683. The fourth-order valence-electron chi connectivity index (χ4n) is 2.80. The first-order chi connectivity index (χ1) is 14.0. The van der Waals surface area contributed by atoms with Gasteiger partial charge in [0, 0.05) is 23.2 Å². The van der Waals surface area contributed by atoms with Gasteiger partial charge in [-0.1, -0.05) is 42.1 Å². The van der Waals surface area contributed by atoms with Crippen molar-refractivity contribution >= 4 is 40.2 Å². The minimum Gasteiger partial charge on any atom is -0.496 e. The number of carbonyl (C=O) groups excluding carboxylic acids is 3. The maximum absolute atomic E-state index is 12.3. The normalized spacial score (nSPS) is 17.1. The molecule has 0 bridgehead atoms. The van der Waals surface area contributed by atoms with Crippen LogP contribution in [0.25, 0.3) is 0 Å². The highest BCUT2D eigenvalue weighted by Crippen LogP contribution is 2.25. The lowest BCUT2D eigenvalue weighted by Gasteiger charge is -2.08. The third-order valence-corrected chi connectivity index (χ3v) is 5.41. The molecule has 2 amide bonds. The Morgan fingerprint density at radius 2 is 2.00 bits per heavy atom. The fraction of sp³-hybridized carbons (Fsp3) is 0.238. The molecule has 3 rings (SSSR count). The summed E-state index contributed by atoms with van der Waals surface area (Å²) < 4.78 is 5.30. The molecule has 0 aliphatic carbocycles. The molecule has 1 aliphatic rings. The van der Waals surface area contributed by atoms with Gasteiger partial charge in [0.25, 0.3) is 0 Å². The van der Waals surface area contributed by atoms with E-state index in [4.69, 9.17) is 4.74 Å². The molecule has 8 heteroatoms. The number of hydrogen-bond donors (Lipinski definition) is 2. The molecule has 1 atom stereocenters. The minimum absolute atomic E-state index is 0.00841. The summed E-state index contributed by atoms with van der Waals surface area (Å²) in [6, 6.07) is 14.2. The number of nitrogens with zero attached hydrogens (tertiary/aromatic N) is 1. The van der Waals surface area contributed by atoms with Crippen molar-refractivity contribution in [3.63, 3.8) is 0 Å². The Hall–Kier alpha value is -3.13. The smallest absolute Gasteiger partial charge is 0.240 e. The van der Waals surface area contributed by atoms with E-state index in [1.54, 1.807) is 31.4 Å². The second kappa shape index (κ2) is 9.38. The van der Waals surface area contributed by atoms with Gasteiger partial charge in [0.05, 0.1) is 13.7 Å². The lowest BCUT2D eigenvalue weighted by atomic mass is 10.1. The van der Waals surface area contributed by atoms with Gasteiger partial charge in [-0.25, -0.2) is 0 Å². The number of aliphatic imine (C=N–C) groups is 1. The monoisotopic (exact) mass is 411 g/mol. The van der Waals surface area contributed by atoms with E-state index in [2.05, 4.69) is 15.6 Å². The Morgan fingerprint density at radius 1 is 1.21 bits per heavy atom. The topological polar surface area (TPSA) is 96.9 Å². The summed E-state index contributed by atoms with van der Waals surface area (Å²) in [5, 5.41) is 5.38. The number of hydrogen-bond acceptors (Lipinski definition) is 6. The number of anilines is 1. The average Bonchev–Trinajstić information content (AvgIpc) is 3.05. The molecule has 0 saturated carbocycles. The Morgan fingerprint density at radius 3 is 2.76 bits per heavy atom. The summed E-state index contributed by atoms with van der Waals surface area (Å²) in [5.74, 6) is 0.100. The summed E-state index contributed by atoms with van der Waals surface area (Å²) in [6.45, 7) is 1.83. The van der Waals surface area contributed by atoms with Crippen molar-refractivity contribution in [2.24, 2.45) is 4.99 Å². The summed E-state index contributed by atoms with van der Waals surface area (Å²) >= 11 is 1.23. The van der Waals surface area contributed by atoms with Crippen molar-refractivity contribution in [1.82, 2.24) is 5.32 Å². The van der Waals surface area contributed by atoms with Crippen LogP contribution in [0.5, 0.6) is 5.75 Å². The lowest BCUT2D eigenvalue weighted by molar-refractivity contribution is -0.122. The number of methoxy groups -OCH3 is 1. The van der Waals surface area contributed by atoms with E-state index in [1.165, 1.54) is 18.7 Å². The van der Waals surface area contributed by atoms with Crippen molar-refractivity contribution in [3.05, 3.63) is 59.7 Å². The number of carbonyl (C=O) groups is 3. The van der Waals surface area contributed by atoms with Crippen molar-refractivity contribution in [2.75, 3.05) is 12.4 Å². The first-order valence-corrected chi connectivity index (χ1v) is 9.89. The molecule has 0 unspecified atom stereocenters. The Kier molecular flexibility index (Phi) is 6.66. The van der Waals surface area contributed by atoms with Gasteiger partial charge >= 0.3 is 0 Å². The van der Waals surface area contributed by atoms with E-state index in [9.17, 15) is 14.4 Å².